The molecule has 2 aromatic carbocycles. The first-order valence-corrected chi connectivity index (χ1v) is 10.1. The van der Waals surface area contributed by atoms with Gasteiger partial charge in [-0.05, 0) is 79.0 Å². The first-order valence-electron chi connectivity index (χ1n) is 9.77. The molecular formula is C23H24ClNO3. The average Bonchev–Trinajstić information content (AvgIpc) is 2.93. The highest BCUT2D eigenvalue weighted by Crippen LogP contribution is 2.42. The summed E-state index contributed by atoms with van der Waals surface area (Å²) in [4.78, 5) is 26.2. The average molecular weight is 398 g/mol. The fourth-order valence-corrected chi connectivity index (χ4v) is 4.67. The van der Waals surface area contributed by atoms with Crippen LogP contribution in [0.15, 0.2) is 42.5 Å². The minimum Gasteiger partial charge on any atom is -0.396 e. The van der Waals surface area contributed by atoms with Crippen molar-refractivity contribution in [2.24, 2.45) is 5.92 Å². The Morgan fingerprint density at radius 1 is 1.07 bits per heavy atom. The minimum atomic E-state index is -0.768. The summed E-state index contributed by atoms with van der Waals surface area (Å²) in [5, 5.41) is 13.1. The van der Waals surface area contributed by atoms with Gasteiger partial charge in [0.1, 0.15) is 5.92 Å². The largest absolute Gasteiger partial charge is 0.396 e. The standard InChI is InChI=1S/C23H24ClNO3/c1-14-2-3-17(16-4-6-18(24)7-5-16)12-19(14)20-21(27)23(25-22(20)28)10-8-15(13-26)9-11-23/h2-7,12,15,20,26H,8-11,13H2,1H3,(H,25,28). The van der Waals surface area contributed by atoms with Gasteiger partial charge in [0.25, 0.3) is 0 Å². The number of halogens is 1. The number of aliphatic hydroxyl groups excluding tert-OH is 1. The second-order valence-corrected chi connectivity index (χ2v) is 8.51. The Morgan fingerprint density at radius 2 is 1.71 bits per heavy atom. The van der Waals surface area contributed by atoms with E-state index < -0.39 is 11.5 Å². The molecule has 0 aromatic heterocycles. The van der Waals surface area contributed by atoms with Gasteiger partial charge in [-0.15, -0.1) is 0 Å². The van der Waals surface area contributed by atoms with Crippen LogP contribution in [0.3, 0.4) is 0 Å². The maximum absolute atomic E-state index is 13.4. The molecule has 2 aromatic rings. The van der Waals surface area contributed by atoms with Crippen LogP contribution in [0.1, 0.15) is 42.7 Å². The van der Waals surface area contributed by atoms with Crippen molar-refractivity contribution in [3.63, 3.8) is 0 Å². The maximum atomic E-state index is 13.4. The summed E-state index contributed by atoms with van der Waals surface area (Å²) in [6, 6.07) is 13.5. The van der Waals surface area contributed by atoms with E-state index in [1.165, 1.54) is 0 Å². The summed E-state index contributed by atoms with van der Waals surface area (Å²) < 4.78 is 0. The smallest absolute Gasteiger partial charge is 0.235 e. The molecule has 1 saturated carbocycles. The van der Waals surface area contributed by atoms with E-state index in [1.54, 1.807) is 0 Å². The van der Waals surface area contributed by atoms with Crippen molar-refractivity contribution in [2.45, 2.75) is 44.1 Å². The number of carbonyl (C=O) groups is 2. The number of rotatable bonds is 3. The Labute approximate surface area is 169 Å². The van der Waals surface area contributed by atoms with E-state index >= 15 is 0 Å². The first-order chi connectivity index (χ1) is 13.4. The molecule has 4 rings (SSSR count). The predicted molar refractivity (Wildman–Crippen MR) is 109 cm³/mol. The molecule has 2 N–H and O–H groups in total. The van der Waals surface area contributed by atoms with Gasteiger partial charge in [0.15, 0.2) is 5.78 Å². The van der Waals surface area contributed by atoms with E-state index in [-0.39, 0.29) is 24.2 Å². The summed E-state index contributed by atoms with van der Waals surface area (Å²) >= 11 is 5.99. The summed E-state index contributed by atoms with van der Waals surface area (Å²) in [6.45, 7) is 2.08. The number of benzene rings is 2. The SMILES string of the molecule is Cc1ccc(-c2ccc(Cl)cc2)cc1C1C(=O)NC2(CCC(CO)CC2)C1=O. The Balaban J connectivity index is 1.67. The van der Waals surface area contributed by atoms with E-state index in [0.29, 0.717) is 17.9 Å². The van der Waals surface area contributed by atoms with Crippen molar-refractivity contribution in [1.29, 1.82) is 0 Å². The Morgan fingerprint density at radius 3 is 2.36 bits per heavy atom. The quantitative estimate of drug-likeness (QED) is 0.769. The van der Waals surface area contributed by atoms with Crippen molar-refractivity contribution in [3.8, 4) is 11.1 Å². The van der Waals surface area contributed by atoms with E-state index in [0.717, 1.165) is 35.1 Å². The molecule has 5 heteroatoms. The summed E-state index contributed by atoms with van der Waals surface area (Å²) in [7, 11) is 0. The van der Waals surface area contributed by atoms with Crippen molar-refractivity contribution >= 4 is 23.3 Å². The summed E-state index contributed by atoms with van der Waals surface area (Å²) in [6.07, 6.45) is 2.74. The van der Waals surface area contributed by atoms with Crippen LogP contribution in [0.4, 0.5) is 0 Å². The van der Waals surface area contributed by atoms with Crippen molar-refractivity contribution in [1.82, 2.24) is 5.32 Å². The second kappa shape index (κ2) is 7.34. The number of carbonyl (C=O) groups excluding carboxylic acids is 2. The van der Waals surface area contributed by atoms with E-state index in [4.69, 9.17) is 11.6 Å². The van der Waals surface area contributed by atoms with Crippen LogP contribution in [0.25, 0.3) is 11.1 Å². The lowest BCUT2D eigenvalue weighted by molar-refractivity contribution is -0.126. The van der Waals surface area contributed by atoms with Gasteiger partial charge in [0.2, 0.25) is 5.91 Å². The van der Waals surface area contributed by atoms with Gasteiger partial charge >= 0.3 is 0 Å². The summed E-state index contributed by atoms with van der Waals surface area (Å²) in [5.74, 6) is -0.767. The molecule has 0 bridgehead atoms. The van der Waals surface area contributed by atoms with Gasteiger partial charge in [-0.2, -0.15) is 0 Å². The lowest BCUT2D eigenvalue weighted by Gasteiger charge is -2.35. The normalized spacial score (nSPS) is 27.2. The number of hydrogen-bond donors (Lipinski definition) is 2. The molecule has 4 nitrogen and oxygen atoms in total. The van der Waals surface area contributed by atoms with Crippen molar-refractivity contribution < 1.29 is 14.7 Å². The molecule has 1 aliphatic carbocycles. The Hall–Kier alpha value is -2.17. The van der Waals surface area contributed by atoms with Gasteiger partial charge in [-0.1, -0.05) is 35.9 Å². The zero-order valence-corrected chi connectivity index (χ0v) is 16.6. The number of nitrogens with one attached hydrogen (secondary N) is 1. The number of aryl methyl sites for hydroxylation is 1. The van der Waals surface area contributed by atoms with E-state index in [1.807, 2.05) is 49.4 Å². The van der Waals surface area contributed by atoms with E-state index in [2.05, 4.69) is 5.32 Å². The van der Waals surface area contributed by atoms with Gasteiger partial charge < -0.3 is 10.4 Å². The highest BCUT2D eigenvalue weighted by atomic mass is 35.5. The molecule has 1 aliphatic heterocycles. The molecule has 146 valence electrons. The fraction of sp³-hybridized carbons (Fsp3) is 0.391. The lowest BCUT2D eigenvalue weighted by Crippen LogP contribution is -2.49. The van der Waals surface area contributed by atoms with Crippen LogP contribution in [-0.2, 0) is 9.59 Å². The third-order valence-corrected chi connectivity index (χ3v) is 6.60. The molecular weight excluding hydrogens is 374 g/mol. The predicted octanol–water partition coefficient (Wildman–Crippen LogP) is 4.02. The zero-order valence-electron chi connectivity index (χ0n) is 15.9. The lowest BCUT2D eigenvalue weighted by atomic mass is 9.73. The molecule has 1 heterocycles. The van der Waals surface area contributed by atoms with Crippen LogP contribution in [0, 0.1) is 12.8 Å². The highest BCUT2D eigenvalue weighted by Gasteiger charge is 2.54. The summed E-state index contributed by atoms with van der Waals surface area (Å²) in [5.41, 5.74) is 2.90. The number of hydrogen-bond acceptors (Lipinski definition) is 3. The van der Waals surface area contributed by atoms with Gasteiger partial charge in [0.05, 0.1) is 5.54 Å². The molecule has 1 spiro atoms. The topological polar surface area (TPSA) is 66.4 Å². The molecule has 1 saturated heterocycles. The molecule has 2 aliphatic rings. The van der Waals surface area contributed by atoms with Crippen LogP contribution >= 0.6 is 11.6 Å². The first kappa shape index (κ1) is 19.2. The molecule has 1 atom stereocenters. The molecule has 28 heavy (non-hydrogen) atoms. The number of aliphatic hydroxyl groups is 1. The molecule has 2 fully saturated rings. The molecule has 1 amide bonds. The Kier molecular flexibility index (Phi) is 5.02. The Bertz CT molecular complexity index is 914. The maximum Gasteiger partial charge on any atom is 0.235 e. The third kappa shape index (κ3) is 3.25. The van der Waals surface area contributed by atoms with Crippen LogP contribution in [0.2, 0.25) is 5.02 Å². The van der Waals surface area contributed by atoms with Gasteiger partial charge in [-0.25, -0.2) is 0 Å². The molecule has 1 unspecified atom stereocenters. The second-order valence-electron chi connectivity index (χ2n) is 8.07. The monoisotopic (exact) mass is 397 g/mol. The number of ketones is 1. The van der Waals surface area contributed by atoms with Crippen LogP contribution < -0.4 is 5.32 Å². The van der Waals surface area contributed by atoms with Crippen molar-refractivity contribution in [2.75, 3.05) is 6.61 Å². The molecule has 0 radical (unpaired) electrons. The van der Waals surface area contributed by atoms with Crippen LogP contribution in [0.5, 0.6) is 0 Å². The highest BCUT2D eigenvalue weighted by molar-refractivity contribution is 6.30. The van der Waals surface area contributed by atoms with E-state index in [9.17, 15) is 14.7 Å². The van der Waals surface area contributed by atoms with Gasteiger partial charge in [0, 0.05) is 11.6 Å². The number of amides is 1. The van der Waals surface area contributed by atoms with Gasteiger partial charge in [-0.3, -0.25) is 9.59 Å². The third-order valence-electron chi connectivity index (χ3n) is 6.34. The zero-order chi connectivity index (χ0) is 19.9. The fourth-order valence-electron chi connectivity index (χ4n) is 4.55. The number of Topliss-reactive ketones (excluding diaryl/α,β-unsaturated/α-hetero) is 1. The minimum absolute atomic E-state index is 0.0229. The van der Waals surface area contributed by atoms with Crippen molar-refractivity contribution in [3.05, 3.63) is 58.6 Å². The van der Waals surface area contributed by atoms with Crippen LogP contribution in [-0.4, -0.2) is 28.9 Å².